The number of fused-ring (bicyclic) bond motifs is 1. The van der Waals surface area contributed by atoms with Crippen molar-refractivity contribution in [3.05, 3.63) is 27.3 Å². The summed E-state index contributed by atoms with van der Waals surface area (Å²) in [6, 6.07) is -0.133. The van der Waals surface area contributed by atoms with Gasteiger partial charge in [0.05, 0.1) is 17.2 Å². The normalized spacial score (nSPS) is 16.9. The van der Waals surface area contributed by atoms with Crippen LogP contribution in [0.3, 0.4) is 0 Å². The van der Waals surface area contributed by atoms with Gasteiger partial charge in [0.15, 0.2) is 5.82 Å². The number of aromatic nitrogens is 3. The number of aryl methyl sites for hydroxylation is 3. The number of nitrogens with zero attached hydrogens (tertiary/aromatic N) is 4. The zero-order valence-electron chi connectivity index (χ0n) is 13.6. The van der Waals surface area contributed by atoms with Crippen LogP contribution >= 0.6 is 11.3 Å². The van der Waals surface area contributed by atoms with Gasteiger partial charge in [0.1, 0.15) is 0 Å². The number of amides is 2. The van der Waals surface area contributed by atoms with Crippen LogP contribution in [-0.2, 0) is 13.0 Å². The fourth-order valence-electron chi connectivity index (χ4n) is 2.92. The van der Waals surface area contributed by atoms with Crippen molar-refractivity contribution < 1.29 is 9.32 Å². The summed E-state index contributed by atoms with van der Waals surface area (Å²) in [4.78, 5) is 24.1. The first-order chi connectivity index (χ1) is 11.0. The second kappa shape index (κ2) is 6.66. The van der Waals surface area contributed by atoms with E-state index in [-0.39, 0.29) is 12.6 Å². The lowest BCUT2D eigenvalue weighted by Crippen LogP contribution is -2.39. The second-order valence-corrected chi connectivity index (χ2v) is 7.19. The molecule has 7 nitrogen and oxygen atoms in total. The Balaban J connectivity index is 1.56. The minimum atomic E-state index is -0.133. The van der Waals surface area contributed by atoms with E-state index in [1.807, 2.05) is 14.0 Å². The smallest absolute Gasteiger partial charge is 0.317 e. The molecule has 2 aromatic heterocycles. The molecule has 23 heavy (non-hydrogen) atoms. The zero-order valence-corrected chi connectivity index (χ0v) is 14.4. The molecule has 0 bridgehead atoms. The molecule has 1 atom stereocenters. The Labute approximate surface area is 139 Å². The van der Waals surface area contributed by atoms with E-state index in [4.69, 9.17) is 4.52 Å². The quantitative estimate of drug-likeness (QED) is 0.927. The molecule has 2 amide bonds. The molecule has 0 aliphatic heterocycles. The lowest BCUT2D eigenvalue weighted by atomic mass is 9.91. The van der Waals surface area contributed by atoms with E-state index in [0.29, 0.717) is 24.2 Å². The van der Waals surface area contributed by atoms with Crippen molar-refractivity contribution in [3.63, 3.8) is 0 Å². The van der Waals surface area contributed by atoms with Gasteiger partial charge in [0, 0.05) is 31.3 Å². The van der Waals surface area contributed by atoms with Crippen LogP contribution < -0.4 is 5.32 Å². The molecule has 2 heterocycles. The molecule has 0 fully saturated rings. The van der Waals surface area contributed by atoms with Crippen molar-refractivity contribution in [3.8, 4) is 0 Å². The van der Waals surface area contributed by atoms with Gasteiger partial charge in [0.2, 0.25) is 5.89 Å². The first-order valence-electron chi connectivity index (χ1n) is 7.77. The molecular formula is C15H21N5O2S. The molecule has 1 aliphatic rings. The topological polar surface area (TPSA) is 84.2 Å². The fourth-order valence-corrected chi connectivity index (χ4v) is 3.99. The van der Waals surface area contributed by atoms with E-state index < -0.39 is 0 Å². The molecule has 8 heteroatoms. The monoisotopic (exact) mass is 335 g/mol. The van der Waals surface area contributed by atoms with Crippen LogP contribution in [0.25, 0.3) is 0 Å². The third-order valence-corrected chi connectivity index (χ3v) is 5.03. The van der Waals surface area contributed by atoms with Gasteiger partial charge in [0.25, 0.3) is 0 Å². The summed E-state index contributed by atoms with van der Waals surface area (Å²) in [5.74, 6) is 1.31. The van der Waals surface area contributed by atoms with Crippen LogP contribution in [-0.4, -0.2) is 39.6 Å². The molecule has 0 radical (unpaired) electrons. The highest BCUT2D eigenvalue weighted by atomic mass is 32.1. The predicted molar refractivity (Wildman–Crippen MR) is 86.4 cm³/mol. The Morgan fingerprint density at radius 1 is 1.43 bits per heavy atom. The first-order valence-corrected chi connectivity index (χ1v) is 8.59. The number of urea groups is 1. The van der Waals surface area contributed by atoms with Crippen LogP contribution in [0, 0.1) is 13.8 Å². The van der Waals surface area contributed by atoms with Gasteiger partial charge in [-0.15, -0.1) is 11.3 Å². The van der Waals surface area contributed by atoms with Crippen LogP contribution in [0.15, 0.2) is 4.52 Å². The van der Waals surface area contributed by atoms with Gasteiger partial charge in [-0.1, -0.05) is 5.16 Å². The molecule has 0 aromatic carbocycles. The van der Waals surface area contributed by atoms with E-state index in [1.54, 1.807) is 23.2 Å². The highest BCUT2D eigenvalue weighted by Gasteiger charge is 2.26. The van der Waals surface area contributed by atoms with Crippen molar-refractivity contribution in [2.45, 2.75) is 45.6 Å². The van der Waals surface area contributed by atoms with Crippen molar-refractivity contribution in [1.29, 1.82) is 0 Å². The zero-order chi connectivity index (χ0) is 16.4. The minimum absolute atomic E-state index is 0.133. The Morgan fingerprint density at radius 3 is 3.00 bits per heavy atom. The van der Waals surface area contributed by atoms with Gasteiger partial charge in [-0.2, -0.15) is 4.98 Å². The summed E-state index contributed by atoms with van der Waals surface area (Å²) in [7, 11) is 1.81. The number of likely N-dealkylation sites (N-methyl/N-ethyl adjacent to an activating group) is 1. The molecule has 0 spiro atoms. The number of rotatable bonds is 4. The number of carbonyl (C=O) groups excluding carboxylic acids is 1. The SMILES string of the molecule is Cc1nc(CNC(=O)N(C)C[C@@H]2CCCc3sc(C)nc32)no1. The minimum Gasteiger partial charge on any atom is -0.340 e. The molecule has 0 saturated carbocycles. The van der Waals surface area contributed by atoms with Gasteiger partial charge in [-0.3, -0.25) is 0 Å². The molecule has 0 saturated heterocycles. The molecule has 3 rings (SSSR count). The summed E-state index contributed by atoms with van der Waals surface area (Å²) in [6.07, 6.45) is 3.36. The maximum atomic E-state index is 12.2. The van der Waals surface area contributed by atoms with Crippen molar-refractivity contribution in [2.75, 3.05) is 13.6 Å². The highest BCUT2D eigenvalue weighted by molar-refractivity contribution is 7.11. The number of hydrogen-bond acceptors (Lipinski definition) is 6. The van der Waals surface area contributed by atoms with Crippen molar-refractivity contribution in [1.82, 2.24) is 25.3 Å². The number of nitrogens with one attached hydrogen (secondary N) is 1. The van der Waals surface area contributed by atoms with E-state index in [2.05, 4.69) is 20.4 Å². The van der Waals surface area contributed by atoms with Crippen LogP contribution in [0.1, 0.15) is 46.1 Å². The van der Waals surface area contributed by atoms with Gasteiger partial charge in [-0.05, 0) is 26.2 Å². The Morgan fingerprint density at radius 2 is 2.26 bits per heavy atom. The molecule has 0 unspecified atom stereocenters. The lowest BCUT2D eigenvalue weighted by molar-refractivity contribution is 0.203. The van der Waals surface area contributed by atoms with E-state index in [9.17, 15) is 4.79 Å². The first kappa shape index (κ1) is 15.9. The number of hydrogen-bond donors (Lipinski definition) is 1. The van der Waals surface area contributed by atoms with E-state index in [0.717, 1.165) is 24.3 Å². The fraction of sp³-hybridized carbons (Fsp3) is 0.600. The summed E-state index contributed by atoms with van der Waals surface area (Å²) < 4.78 is 4.89. The summed E-state index contributed by atoms with van der Waals surface area (Å²) in [5.41, 5.74) is 1.19. The van der Waals surface area contributed by atoms with Gasteiger partial charge < -0.3 is 14.7 Å². The van der Waals surface area contributed by atoms with E-state index >= 15 is 0 Å². The van der Waals surface area contributed by atoms with Crippen LogP contribution in [0.5, 0.6) is 0 Å². The molecule has 124 valence electrons. The molecule has 1 N–H and O–H groups in total. The maximum absolute atomic E-state index is 12.2. The predicted octanol–water partition coefficient (Wildman–Crippen LogP) is 2.40. The Hall–Kier alpha value is -1.96. The maximum Gasteiger partial charge on any atom is 0.317 e. The average molecular weight is 335 g/mol. The average Bonchev–Trinajstić information content (AvgIpc) is 3.10. The van der Waals surface area contributed by atoms with Crippen LogP contribution in [0.4, 0.5) is 4.79 Å². The van der Waals surface area contributed by atoms with Crippen molar-refractivity contribution >= 4 is 17.4 Å². The third-order valence-electron chi connectivity index (χ3n) is 3.99. The lowest BCUT2D eigenvalue weighted by Gasteiger charge is -2.26. The molecular weight excluding hydrogens is 314 g/mol. The Bertz CT molecular complexity index is 696. The second-order valence-electron chi connectivity index (χ2n) is 5.90. The van der Waals surface area contributed by atoms with Crippen molar-refractivity contribution in [2.24, 2.45) is 0 Å². The summed E-state index contributed by atoms with van der Waals surface area (Å²) in [6.45, 7) is 4.71. The Kier molecular flexibility index (Phi) is 4.61. The van der Waals surface area contributed by atoms with Crippen LogP contribution in [0.2, 0.25) is 0 Å². The largest absolute Gasteiger partial charge is 0.340 e. The molecule has 1 aliphatic carbocycles. The molecule has 2 aromatic rings. The third kappa shape index (κ3) is 3.69. The van der Waals surface area contributed by atoms with Gasteiger partial charge in [-0.25, -0.2) is 9.78 Å². The van der Waals surface area contributed by atoms with Gasteiger partial charge >= 0.3 is 6.03 Å². The highest BCUT2D eigenvalue weighted by Crippen LogP contribution is 2.34. The summed E-state index contributed by atoms with van der Waals surface area (Å²) in [5, 5.41) is 7.69. The summed E-state index contributed by atoms with van der Waals surface area (Å²) >= 11 is 1.78. The number of thiazole rings is 1. The van der Waals surface area contributed by atoms with E-state index in [1.165, 1.54) is 10.6 Å². The standard InChI is InChI=1S/C15H21N5O2S/c1-9-17-13(19-22-9)7-16-15(21)20(3)8-11-5-4-6-12-14(11)18-10(2)23-12/h11H,4-8H2,1-3H3,(H,16,21)/t11-/m0/s1. The number of carbonyl (C=O) groups is 1.